The van der Waals surface area contributed by atoms with E-state index in [1.807, 2.05) is 6.92 Å². The maximum Gasteiger partial charge on any atom is 0.0509 e. The van der Waals surface area contributed by atoms with Gasteiger partial charge in [0.1, 0.15) is 0 Å². The molecule has 0 saturated carbocycles. The van der Waals surface area contributed by atoms with Crippen LogP contribution in [0.5, 0.6) is 0 Å². The number of halogens is 1. The highest BCUT2D eigenvalue weighted by Crippen LogP contribution is 2.15. The molecule has 1 rings (SSSR count). The third-order valence-electron chi connectivity index (χ3n) is 1.41. The van der Waals surface area contributed by atoms with Gasteiger partial charge in [-0.1, -0.05) is 0 Å². The van der Waals surface area contributed by atoms with E-state index in [2.05, 4.69) is 4.98 Å². The third-order valence-corrected chi connectivity index (χ3v) is 1.70. The lowest BCUT2D eigenvalue weighted by atomic mass is 10.2. The van der Waals surface area contributed by atoms with Crippen molar-refractivity contribution in [2.45, 2.75) is 12.8 Å². The lowest BCUT2D eigenvalue weighted by Gasteiger charge is -2.02. The van der Waals surface area contributed by atoms with E-state index in [4.69, 9.17) is 17.3 Å². The molecule has 0 radical (unpaired) electrons. The van der Waals surface area contributed by atoms with E-state index in [1.165, 1.54) is 0 Å². The van der Waals surface area contributed by atoms with Crippen molar-refractivity contribution in [3.8, 4) is 0 Å². The van der Waals surface area contributed by atoms with E-state index in [0.717, 1.165) is 16.8 Å². The van der Waals surface area contributed by atoms with E-state index >= 15 is 0 Å². The van der Waals surface area contributed by atoms with Crippen LogP contribution in [0.2, 0.25) is 0 Å². The van der Waals surface area contributed by atoms with Gasteiger partial charge >= 0.3 is 0 Å². The fraction of sp³-hybridized carbons (Fsp3) is 0.286. The van der Waals surface area contributed by atoms with Crippen LogP contribution in [0.3, 0.4) is 0 Å². The molecule has 0 atom stereocenters. The van der Waals surface area contributed by atoms with Gasteiger partial charge in [0.2, 0.25) is 0 Å². The standard InChI is InChI=1S/C7H9ClN2/c1-5-3-10-4-6(2-8)7(5)9/h3-4H,2H2,1H3,(H2,9,10). The SMILES string of the molecule is Cc1cncc(CCl)c1N. The third kappa shape index (κ3) is 1.21. The molecular weight excluding hydrogens is 148 g/mol. The van der Waals surface area contributed by atoms with Gasteiger partial charge in [-0.15, -0.1) is 11.6 Å². The number of hydrogen-bond acceptors (Lipinski definition) is 2. The lowest BCUT2D eigenvalue weighted by Crippen LogP contribution is -1.95. The summed E-state index contributed by atoms with van der Waals surface area (Å²) >= 11 is 5.58. The van der Waals surface area contributed by atoms with Gasteiger partial charge in [-0.25, -0.2) is 0 Å². The Morgan fingerprint density at radius 1 is 1.60 bits per heavy atom. The van der Waals surface area contributed by atoms with Crippen LogP contribution in [0.4, 0.5) is 5.69 Å². The molecule has 1 heterocycles. The number of pyridine rings is 1. The highest BCUT2D eigenvalue weighted by molar-refractivity contribution is 6.17. The first-order chi connectivity index (χ1) is 4.75. The van der Waals surface area contributed by atoms with Crippen molar-refractivity contribution in [1.82, 2.24) is 4.98 Å². The first-order valence-corrected chi connectivity index (χ1v) is 3.54. The number of anilines is 1. The molecule has 0 aliphatic carbocycles. The van der Waals surface area contributed by atoms with Crippen molar-refractivity contribution in [3.63, 3.8) is 0 Å². The zero-order chi connectivity index (χ0) is 7.56. The Labute approximate surface area is 65.0 Å². The van der Waals surface area contributed by atoms with Gasteiger partial charge in [0.05, 0.1) is 5.88 Å². The number of rotatable bonds is 1. The quantitative estimate of drug-likeness (QED) is 0.629. The summed E-state index contributed by atoms with van der Waals surface area (Å²) in [5, 5.41) is 0. The summed E-state index contributed by atoms with van der Waals surface area (Å²) in [5.74, 6) is 0.431. The predicted octanol–water partition coefficient (Wildman–Crippen LogP) is 1.71. The van der Waals surface area contributed by atoms with Crippen molar-refractivity contribution in [2.75, 3.05) is 5.73 Å². The Kier molecular flexibility index (Phi) is 2.12. The van der Waals surface area contributed by atoms with Gasteiger partial charge in [0, 0.05) is 23.6 Å². The van der Waals surface area contributed by atoms with Gasteiger partial charge in [-0.2, -0.15) is 0 Å². The molecule has 0 fully saturated rings. The minimum Gasteiger partial charge on any atom is -0.398 e. The summed E-state index contributed by atoms with van der Waals surface area (Å²) in [6, 6.07) is 0. The second-order valence-corrected chi connectivity index (χ2v) is 2.43. The highest BCUT2D eigenvalue weighted by Gasteiger charge is 1.98. The van der Waals surface area contributed by atoms with Crippen molar-refractivity contribution >= 4 is 17.3 Å². The summed E-state index contributed by atoms with van der Waals surface area (Å²) in [7, 11) is 0. The van der Waals surface area contributed by atoms with E-state index in [-0.39, 0.29) is 0 Å². The molecule has 0 unspecified atom stereocenters. The Morgan fingerprint density at radius 2 is 2.30 bits per heavy atom. The molecule has 0 spiro atoms. The van der Waals surface area contributed by atoms with Gasteiger partial charge in [0.25, 0.3) is 0 Å². The minimum atomic E-state index is 0.431. The summed E-state index contributed by atoms with van der Waals surface area (Å²) in [5.41, 5.74) is 8.31. The second kappa shape index (κ2) is 2.88. The van der Waals surface area contributed by atoms with E-state index < -0.39 is 0 Å². The normalized spacial score (nSPS) is 9.80. The molecule has 3 heteroatoms. The maximum atomic E-state index is 5.67. The molecule has 1 aromatic heterocycles. The topological polar surface area (TPSA) is 38.9 Å². The van der Waals surface area contributed by atoms with Crippen LogP contribution in [0, 0.1) is 6.92 Å². The molecule has 54 valence electrons. The van der Waals surface area contributed by atoms with Crippen LogP contribution in [0.15, 0.2) is 12.4 Å². The van der Waals surface area contributed by atoms with Crippen LogP contribution < -0.4 is 5.73 Å². The number of hydrogen-bond donors (Lipinski definition) is 1. The largest absolute Gasteiger partial charge is 0.398 e. The Bertz CT molecular complexity index is 235. The van der Waals surface area contributed by atoms with Crippen molar-refractivity contribution < 1.29 is 0 Å². The van der Waals surface area contributed by atoms with E-state index in [9.17, 15) is 0 Å². The molecule has 0 aliphatic heterocycles. The Balaban J connectivity index is 3.14. The smallest absolute Gasteiger partial charge is 0.0509 e. The Morgan fingerprint density at radius 3 is 2.80 bits per heavy atom. The van der Waals surface area contributed by atoms with E-state index in [0.29, 0.717) is 5.88 Å². The van der Waals surface area contributed by atoms with Crippen LogP contribution in [-0.2, 0) is 5.88 Å². The summed E-state index contributed by atoms with van der Waals surface area (Å²) in [4.78, 5) is 3.95. The number of nitrogens with zero attached hydrogens (tertiary/aromatic N) is 1. The predicted molar refractivity (Wildman–Crippen MR) is 42.9 cm³/mol. The molecule has 2 N–H and O–H groups in total. The number of nitrogen functional groups attached to an aromatic ring is 1. The molecular formula is C7H9ClN2. The number of aryl methyl sites for hydroxylation is 1. The lowest BCUT2D eigenvalue weighted by molar-refractivity contribution is 1.21. The zero-order valence-electron chi connectivity index (χ0n) is 5.76. The summed E-state index contributed by atoms with van der Waals surface area (Å²) in [6.45, 7) is 1.92. The van der Waals surface area contributed by atoms with Crippen molar-refractivity contribution in [1.29, 1.82) is 0 Å². The molecule has 0 bridgehead atoms. The second-order valence-electron chi connectivity index (χ2n) is 2.16. The van der Waals surface area contributed by atoms with Crippen molar-refractivity contribution in [3.05, 3.63) is 23.5 Å². The van der Waals surface area contributed by atoms with Gasteiger partial charge in [-0.3, -0.25) is 4.98 Å². The number of nitrogens with two attached hydrogens (primary N) is 1. The van der Waals surface area contributed by atoms with Crippen LogP contribution in [0.25, 0.3) is 0 Å². The van der Waals surface area contributed by atoms with Gasteiger partial charge < -0.3 is 5.73 Å². The highest BCUT2D eigenvalue weighted by atomic mass is 35.5. The molecule has 10 heavy (non-hydrogen) atoms. The fourth-order valence-electron chi connectivity index (χ4n) is 0.738. The van der Waals surface area contributed by atoms with Crippen LogP contribution >= 0.6 is 11.6 Å². The molecule has 0 amide bonds. The zero-order valence-corrected chi connectivity index (χ0v) is 6.52. The number of alkyl halides is 1. The molecule has 0 saturated heterocycles. The molecule has 2 nitrogen and oxygen atoms in total. The molecule has 0 aliphatic rings. The van der Waals surface area contributed by atoms with Crippen molar-refractivity contribution in [2.24, 2.45) is 0 Å². The first kappa shape index (κ1) is 7.35. The fourth-order valence-corrected chi connectivity index (χ4v) is 0.951. The van der Waals surface area contributed by atoms with Crippen LogP contribution in [-0.4, -0.2) is 4.98 Å². The maximum absolute atomic E-state index is 5.67. The van der Waals surface area contributed by atoms with Gasteiger partial charge in [0.15, 0.2) is 0 Å². The van der Waals surface area contributed by atoms with Crippen LogP contribution in [0.1, 0.15) is 11.1 Å². The Hall–Kier alpha value is -0.760. The van der Waals surface area contributed by atoms with E-state index in [1.54, 1.807) is 12.4 Å². The molecule has 1 aromatic rings. The average molecular weight is 157 g/mol. The summed E-state index contributed by atoms with van der Waals surface area (Å²) < 4.78 is 0. The minimum absolute atomic E-state index is 0.431. The van der Waals surface area contributed by atoms with Gasteiger partial charge in [-0.05, 0) is 12.5 Å². The molecule has 0 aromatic carbocycles. The summed E-state index contributed by atoms with van der Waals surface area (Å²) in [6.07, 6.45) is 3.42. The number of aromatic nitrogens is 1. The first-order valence-electron chi connectivity index (χ1n) is 3.00. The average Bonchev–Trinajstić information content (AvgIpc) is 1.95. The monoisotopic (exact) mass is 156 g/mol.